The van der Waals surface area contributed by atoms with Crippen LogP contribution in [0.3, 0.4) is 0 Å². The van der Waals surface area contributed by atoms with Gasteiger partial charge in [0, 0.05) is 61.8 Å². The molecule has 0 aliphatic carbocycles. The van der Waals surface area contributed by atoms with E-state index in [-0.39, 0.29) is 18.0 Å². The van der Waals surface area contributed by atoms with E-state index < -0.39 is 0 Å². The van der Waals surface area contributed by atoms with Crippen LogP contribution in [-0.2, 0) is 11.2 Å². The van der Waals surface area contributed by atoms with Gasteiger partial charge in [0.1, 0.15) is 0 Å². The lowest BCUT2D eigenvalue weighted by atomic mass is 10.1. The minimum Gasteiger partial charge on any atom is -0.341 e. The molecule has 1 aromatic carbocycles. The number of benzene rings is 1. The van der Waals surface area contributed by atoms with Crippen LogP contribution in [0.1, 0.15) is 18.4 Å². The summed E-state index contributed by atoms with van der Waals surface area (Å²) < 4.78 is 0. The lowest BCUT2D eigenvalue weighted by molar-refractivity contribution is -0.130. The number of anilines is 2. The Balaban J connectivity index is 1.20. The van der Waals surface area contributed by atoms with Crippen LogP contribution < -0.4 is 15.5 Å². The predicted octanol–water partition coefficient (Wildman–Crippen LogP) is 2.39. The summed E-state index contributed by atoms with van der Waals surface area (Å²) in [7, 11) is 0. The molecule has 0 radical (unpaired) electrons. The van der Waals surface area contributed by atoms with Gasteiger partial charge in [-0.3, -0.25) is 4.79 Å². The first-order chi connectivity index (χ1) is 15.2. The van der Waals surface area contributed by atoms with Gasteiger partial charge < -0.3 is 20.4 Å². The largest absolute Gasteiger partial charge is 0.341 e. The number of thioether (sulfide) groups is 1. The second-order valence-corrected chi connectivity index (χ2v) is 9.00. The van der Waals surface area contributed by atoms with Gasteiger partial charge in [0.15, 0.2) is 0 Å². The molecular formula is C22H28N6O2S. The van der Waals surface area contributed by atoms with Gasteiger partial charge in [0.25, 0.3) is 0 Å². The summed E-state index contributed by atoms with van der Waals surface area (Å²) in [5.74, 6) is 2.94. The quantitative estimate of drug-likeness (QED) is 0.742. The van der Waals surface area contributed by atoms with Crippen LogP contribution in [0.15, 0.2) is 42.7 Å². The molecule has 2 N–H and O–H groups in total. The zero-order chi connectivity index (χ0) is 21.5. The molecule has 0 bridgehead atoms. The molecule has 8 nitrogen and oxygen atoms in total. The summed E-state index contributed by atoms with van der Waals surface area (Å²) in [4.78, 5) is 37.4. The van der Waals surface area contributed by atoms with E-state index in [9.17, 15) is 9.59 Å². The molecule has 2 aliphatic heterocycles. The van der Waals surface area contributed by atoms with Crippen LogP contribution in [0.2, 0.25) is 0 Å². The molecular weight excluding hydrogens is 412 g/mol. The monoisotopic (exact) mass is 440 g/mol. The van der Waals surface area contributed by atoms with E-state index in [0.29, 0.717) is 6.42 Å². The number of hydrogen-bond donors (Lipinski definition) is 2. The minimum absolute atomic E-state index is 0.125. The summed E-state index contributed by atoms with van der Waals surface area (Å²) >= 11 is 1.89. The number of carbonyl (C=O) groups is 2. The summed E-state index contributed by atoms with van der Waals surface area (Å²) in [6.45, 7) is 3.29. The summed E-state index contributed by atoms with van der Waals surface area (Å²) in [5, 5.41) is 5.94. The molecule has 164 valence electrons. The highest BCUT2D eigenvalue weighted by Crippen LogP contribution is 2.16. The third-order valence-corrected chi connectivity index (χ3v) is 6.54. The highest BCUT2D eigenvalue weighted by molar-refractivity contribution is 7.99. The molecule has 3 amide bonds. The van der Waals surface area contributed by atoms with Crippen molar-refractivity contribution in [2.45, 2.75) is 25.3 Å². The van der Waals surface area contributed by atoms with Crippen LogP contribution >= 0.6 is 11.8 Å². The van der Waals surface area contributed by atoms with Crippen molar-refractivity contribution in [3.8, 4) is 0 Å². The Hall–Kier alpha value is -2.81. The Kier molecular flexibility index (Phi) is 7.24. The number of urea groups is 1. The Bertz CT molecular complexity index is 865. The number of rotatable bonds is 5. The zero-order valence-electron chi connectivity index (χ0n) is 17.5. The molecule has 2 fully saturated rings. The fraction of sp³-hybridized carbons (Fsp3) is 0.455. The predicted molar refractivity (Wildman–Crippen MR) is 123 cm³/mol. The number of amides is 3. The second kappa shape index (κ2) is 10.5. The maximum atomic E-state index is 12.4. The van der Waals surface area contributed by atoms with Gasteiger partial charge in [0.05, 0.1) is 6.42 Å². The van der Waals surface area contributed by atoms with Crippen molar-refractivity contribution in [1.29, 1.82) is 0 Å². The fourth-order valence-corrected chi connectivity index (χ4v) is 4.74. The number of nitrogens with zero attached hydrogens (tertiary/aromatic N) is 4. The summed E-state index contributed by atoms with van der Waals surface area (Å²) in [6, 6.07) is 9.24. The SMILES string of the molecule is O=C(Nc1ccc(CC(=O)N2CCSCC2)cc1)NC1CCN(c2ncccn2)CC1. The van der Waals surface area contributed by atoms with E-state index in [1.54, 1.807) is 18.5 Å². The molecule has 1 aromatic heterocycles. The van der Waals surface area contributed by atoms with Gasteiger partial charge in [-0.2, -0.15) is 11.8 Å². The van der Waals surface area contributed by atoms with Crippen molar-refractivity contribution in [3.63, 3.8) is 0 Å². The average Bonchev–Trinajstić information content (AvgIpc) is 2.82. The van der Waals surface area contributed by atoms with Crippen LogP contribution in [0.25, 0.3) is 0 Å². The number of hydrogen-bond acceptors (Lipinski definition) is 6. The lowest BCUT2D eigenvalue weighted by Crippen LogP contribution is -2.46. The molecule has 4 rings (SSSR count). The third-order valence-electron chi connectivity index (χ3n) is 5.60. The Morgan fingerprint density at radius 2 is 1.68 bits per heavy atom. The molecule has 0 spiro atoms. The first kappa shape index (κ1) is 21.4. The van der Waals surface area contributed by atoms with Crippen LogP contribution in [0.4, 0.5) is 16.4 Å². The van der Waals surface area contributed by atoms with Crippen LogP contribution in [0.5, 0.6) is 0 Å². The van der Waals surface area contributed by atoms with Gasteiger partial charge in [-0.1, -0.05) is 12.1 Å². The summed E-state index contributed by atoms with van der Waals surface area (Å²) in [5.41, 5.74) is 1.68. The normalized spacial score (nSPS) is 17.3. The van der Waals surface area contributed by atoms with Crippen molar-refractivity contribution >= 4 is 35.3 Å². The zero-order valence-corrected chi connectivity index (χ0v) is 18.3. The standard InChI is InChI=1S/C22H28N6O2S/c29-20(27-12-14-31-15-13-27)16-17-2-4-18(5-3-17)25-22(30)26-19-6-10-28(11-7-19)21-23-8-1-9-24-21/h1-5,8-9,19H,6-7,10-16H2,(H2,25,26,30). The highest BCUT2D eigenvalue weighted by Gasteiger charge is 2.22. The Morgan fingerprint density at radius 3 is 2.35 bits per heavy atom. The number of aromatic nitrogens is 2. The molecule has 31 heavy (non-hydrogen) atoms. The Morgan fingerprint density at radius 1 is 1.00 bits per heavy atom. The van der Waals surface area contributed by atoms with Gasteiger partial charge in [-0.25, -0.2) is 14.8 Å². The van der Waals surface area contributed by atoms with E-state index in [2.05, 4.69) is 25.5 Å². The van der Waals surface area contributed by atoms with Gasteiger partial charge >= 0.3 is 6.03 Å². The van der Waals surface area contributed by atoms with Crippen LogP contribution in [0, 0.1) is 0 Å². The second-order valence-electron chi connectivity index (χ2n) is 7.78. The van der Waals surface area contributed by atoms with Crippen molar-refractivity contribution in [2.24, 2.45) is 0 Å². The number of piperidine rings is 1. The summed E-state index contributed by atoms with van der Waals surface area (Å²) in [6.07, 6.45) is 5.59. The van der Waals surface area contributed by atoms with E-state index in [0.717, 1.165) is 67.7 Å². The molecule has 9 heteroatoms. The van der Waals surface area contributed by atoms with Gasteiger partial charge in [0.2, 0.25) is 11.9 Å². The molecule has 0 atom stereocenters. The minimum atomic E-state index is -0.205. The van der Waals surface area contributed by atoms with E-state index in [1.165, 1.54) is 0 Å². The maximum absolute atomic E-state index is 12.4. The number of carbonyl (C=O) groups excluding carboxylic acids is 2. The van der Waals surface area contributed by atoms with Gasteiger partial charge in [-0.15, -0.1) is 0 Å². The van der Waals surface area contributed by atoms with Crippen LogP contribution in [-0.4, -0.2) is 70.5 Å². The van der Waals surface area contributed by atoms with Crippen molar-refractivity contribution in [2.75, 3.05) is 47.9 Å². The third kappa shape index (κ3) is 6.10. The van der Waals surface area contributed by atoms with Gasteiger partial charge in [-0.05, 0) is 36.6 Å². The van der Waals surface area contributed by atoms with E-state index in [1.807, 2.05) is 40.9 Å². The smallest absolute Gasteiger partial charge is 0.319 e. The fourth-order valence-electron chi connectivity index (χ4n) is 3.84. The lowest BCUT2D eigenvalue weighted by Gasteiger charge is -2.32. The number of nitrogens with one attached hydrogen (secondary N) is 2. The highest BCUT2D eigenvalue weighted by atomic mass is 32.2. The molecule has 0 saturated carbocycles. The first-order valence-corrected chi connectivity index (χ1v) is 11.9. The molecule has 2 saturated heterocycles. The van der Waals surface area contributed by atoms with Crippen molar-refractivity contribution < 1.29 is 9.59 Å². The maximum Gasteiger partial charge on any atom is 0.319 e. The van der Waals surface area contributed by atoms with E-state index >= 15 is 0 Å². The topological polar surface area (TPSA) is 90.5 Å². The van der Waals surface area contributed by atoms with Crippen molar-refractivity contribution in [1.82, 2.24) is 20.2 Å². The average molecular weight is 441 g/mol. The first-order valence-electron chi connectivity index (χ1n) is 10.7. The molecule has 0 unspecified atom stereocenters. The van der Waals surface area contributed by atoms with E-state index in [4.69, 9.17) is 0 Å². The Labute approximate surface area is 186 Å². The molecule has 2 aromatic rings. The molecule has 3 heterocycles. The van der Waals surface area contributed by atoms with Crippen molar-refractivity contribution in [3.05, 3.63) is 48.3 Å². The molecule has 2 aliphatic rings.